The molecule has 0 amide bonds. The summed E-state index contributed by atoms with van der Waals surface area (Å²) in [5.74, 6) is 0. The van der Waals surface area contributed by atoms with E-state index in [1.54, 1.807) is 0 Å². The average molecular weight is 184 g/mol. The van der Waals surface area contributed by atoms with Crippen molar-refractivity contribution in [3.8, 4) is 0 Å². The second kappa shape index (κ2) is 6.39. The molecule has 2 heteroatoms. The summed E-state index contributed by atoms with van der Waals surface area (Å²) in [4.78, 5) is 0. The van der Waals surface area contributed by atoms with E-state index in [2.05, 4.69) is 24.5 Å². The zero-order valence-electron chi connectivity index (χ0n) is 9.10. The Bertz CT molecular complexity index is 117. The second-order valence-corrected chi connectivity index (χ2v) is 4.22. The van der Waals surface area contributed by atoms with Gasteiger partial charge in [0.25, 0.3) is 0 Å². The van der Waals surface area contributed by atoms with Crippen molar-refractivity contribution in [2.45, 2.75) is 58.0 Å². The van der Waals surface area contributed by atoms with E-state index in [1.165, 1.54) is 38.6 Å². The van der Waals surface area contributed by atoms with Crippen molar-refractivity contribution in [1.29, 1.82) is 0 Å². The first kappa shape index (κ1) is 11.0. The van der Waals surface area contributed by atoms with Crippen LogP contribution in [0.25, 0.3) is 0 Å². The zero-order chi connectivity index (χ0) is 9.52. The van der Waals surface area contributed by atoms with Crippen molar-refractivity contribution in [3.05, 3.63) is 0 Å². The molecular weight excluding hydrogens is 160 g/mol. The molecule has 0 radical (unpaired) electrons. The first-order valence-corrected chi connectivity index (χ1v) is 5.79. The topological polar surface area (TPSA) is 24.1 Å². The number of hydrogen-bond donors (Lipinski definition) is 2. The number of hydrogen-bond acceptors (Lipinski definition) is 2. The Morgan fingerprint density at radius 3 is 3.00 bits per heavy atom. The molecule has 2 nitrogen and oxygen atoms in total. The fourth-order valence-corrected chi connectivity index (χ4v) is 1.76. The Labute approximate surface area is 82.5 Å². The Morgan fingerprint density at radius 2 is 2.23 bits per heavy atom. The summed E-state index contributed by atoms with van der Waals surface area (Å²) < 4.78 is 0. The molecule has 1 aliphatic heterocycles. The van der Waals surface area contributed by atoms with Crippen LogP contribution in [0.15, 0.2) is 0 Å². The highest BCUT2D eigenvalue weighted by atomic mass is 15.0. The molecule has 1 rings (SSSR count). The van der Waals surface area contributed by atoms with Gasteiger partial charge in [0.15, 0.2) is 0 Å². The van der Waals surface area contributed by atoms with Gasteiger partial charge in [0.2, 0.25) is 0 Å². The molecule has 2 unspecified atom stereocenters. The molecule has 0 aromatic heterocycles. The van der Waals surface area contributed by atoms with Crippen molar-refractivity contribution < 1.29 is 0 Å². The Balaban J connectivity index is 2.11. The zero-order valence-corrected chi connectivity index (χ0v) is 9.10. The third-order valence-electron chi connectivity index (χ3n) is 2.99. The van der Waals surface area contributed by atoms with Crippen molar-refractivity contribution in [3.63, 3.8) is 0 Å². The van der Waals surface area contributed by atoms with Crippen LogP contribution in [0.3, 0.4) is 0 Å². The van der Waals surface area contributed by atoms with Crippen LogP contribution in [0.2, 0.25) is 0 Å². The third-order valence-corrected chi connectivity index (χ3v) is 2.99. The van der Waals surface area contributed by atoms with Gasteiger partial charge in [-0.1, -0.05) is 19.8 Å². The van der Waals surface area contributed by atoms with Gasteiger partial charge in [0.1, 0.15) is 0 Å². The maximum Gasteiger partial charge on any atom is 0.0192 e. The molecule has 0 aliphatic carbocycles. The van der Waals surface area contributed by atoms with Gasteiger partial charge in [-0.3, -0.25) is 0 Å². The minimum Gasteiger partial charge on any atom is -0.313 e. The average Bonchev–Trinajstić information content (AvgIpc) is 2.42. The van der Waals surface area contributed by atoms with Gasteiger partial charge in [-0.05, 0) is 32.7 Å². The highest BCUT2D eigenvalue weighted by molar-refractivity contribution is 4.74. The van der Waals surface area contributed by atoms with Gasteiger partial charge < -0.3 is 10.6 Å². The van der Waals surface area contributed by atoms with Gasteiger partial charge in [0, 0.05) is 18.6 Å². The highest BCUT2D eigenvalue weighted by Crippen LogP contribution is 2.07. The Kier molecular flexibility index (Phi) is 5.40. The molecule has 1 heterocycles. The molecule has 2 atom stereocenters. The van der Waals surface area contributed by atoms with E-state index in [0.29, 0.717) is 6.04 Å². The summed E-state index contributed by atoms with van der Waals surface area (Å²) in [7, 11) is 0. The van der Waals surface area contributed by atoms with Crippen LogP contribution >= 0.6 is 0 Å². The van der Waals surface area contributed by atoms with E-state index in [4.69, 9.17) is 0 Å². The van der Waals surface area contributed by atoms with Gasteiger partial charge >= 0.3 is 0 Å². The highest BCUT2D eigenvalue weighted by Gasteiger charge is 2.11. The lowest BCUT2D eigenvalue weighted by Crippen LogP contribution is -2.41. The molecule has 0 saturated carbocycles. The molecule has 1 saturated heterocycles. The van der Waals surface area contributed by atoms with Crippen LogP contribution in [-0.4, -0.2) is 25.2 Å². The fourth-order valence-electron chi connectivity index (χ4n) is 1.76. The Morgan fingerprint density at radius 1 is 1.38 bits per heavy atom. The molecule has 1 fully saturated rings. The van der Waals surface area contributed by atoms with Crippen LogP contribution in [0.4, 0.5) is 0 Å². The molecule has 0 spiro atoms. The second-order valence-electron chi connectivity index (χ2n) is 4.22. The van der Waals surface area contributed by atoms with Crippen LogP contribution in [0.1, 0.15) is 46.0 Å². The first-order valence-electron chi connectivity index (χ1n) is 5.79. The lowest BCUT2D eigenvalue weighted by molar-refractivity contribution is 0.432. The minimum absolute atomic E-state index is 0.671. The third kappa shape index (κ3) is 4.63. The minimum atomic E-state index is 0.671. The van der Waals surface area contributed by atoms with Crippen molar-refractivity contribution in [2.75, 3.05) is 13.1 Å². The van der Waals surface area contributed by atoms with Crippen molar-refractivity contribution in [1.82, 2.24) is 10.6 Å². The summed E-state index contributed by atoms with van der Waals surface area (Å²) in [6.45, 7) is 6.86. The summed E-state index contributed by atoms with van der Waals surface area (Å²) >= 11 is 0. The quantitative estimate of drug-likeness (QED) is 0.697. The summed E-state index contributed by atoms with van der Waals surface area (Å²) in [5.41, 5.74) is 0. The predicted octanol–water partition coefficient (Wildman–Crippen LogP) is 1.91. The van der Waals surface area contributed by atoms with E-state index in [0.717, 1.165) is 12.6 Å². The van der Waals surface area contributed by atoms with Crippen molar-refractivity contribution >= 4 is 0 Å². The van der Waals surface area contributed by atoms with Gasteiger partial charge in [0.05, 0.1) is 0 Å². The van der Waals surface area contributed by atoms with Crippen LogP contribution in [-0.2, 0) is 0 Å². The van der Waals surface area contributed by atoms with E-state index >= 15 is 0 Å². The SMILES string of the molecule is CCC(C)NCC1CCCCCN1. The maximum atomic E-state index is 3.60. The Hall–Kier alpha value is -0.0800. The molecule has 13 heavy (non-hydrogen) atoms. The van der Waals surface area contributed by atoms with Gasteiger partial charge in [-0.2, -0.15) is 0 Å². The standard InChI is InChI=1S/C11H24N2/c1-3-10(2)13-9-11-7-5-4-6-8-12-11/h10-13H,3-9H2,1-2H3. The van der Waals surface area contributed by atoms with E-state index in [9.17, 15) is 0 Å². The largest absolute Gasteiger partial charge is 0.313 e. The first-order chi connectivity index (χ1) is 6.33. The van der Waals surface area contributed by atoms with Crippen molar-refractivity contribution in [2.24, 2.45) is 0 Å². The van der Waals surface area contributed by atoms with E-state index in [-0.39, 0.29) is 0 Å². The monoisotopic (exact) mass is 184 g/mol. The molecule has 0 aromatic rings. The maximum absolute atomic E-state index is 3.60. The lowest BCUT2D eigenvalue weighted by Gasteiger charge is -2.19. The lowest BCUT2D eigenvalue weighted by atomic mass is 10.1. The predicted molar refractivity (Wildman–Crippen MR) is 58.0 cm³/mol. The smallest absolute Gasteiger partial charge is 0.0192 e. The number of nitrogens with one attached hydrogen (secondary N) is 2. The fraction of sp³-hybridized carbons (Fsp3) is 1.00. The molecule has 1 aliphatic rings. The normalized spacial score (nSPS) is 26.8. The summed E-state index contributed by atoms with van der Waals surface area (Å²) in [6.07, 6.45) is 6.75. The van der Waals surface area contributed by atoms with Gasteiger partial charge in [-0.25, -0.2) is 0 Å². The summed E-state index contributed by atoms with van der Waals surface area (Å²) in [6, 6.07) is 1.39. The van der Waals surface area contributed by atoms with Crippen LogP contribution < -0.4 is 10.6 Å². The summed E-state index contributed by atoms with van der Waals surface area (Å²) in [5, 5.41) is 7.17. The van der Waals surface area contributed by atoms with Gasteiger partial charge in [-0.15, -0.1) is 0 Å². The molecule has 2 N–H and O–H groups in total. The van der Waals surface area contributed by atoms with E-state index < -0.39 is 0 Å². The van der Waals surface area contributed by atoms with Crippen LogP contribution in [0.5, 0.6) is 0 Å². The molecule has 0 aromatic carbocycles. The molecule has 0 bridgehead atoms. The molecule has 78 valence electrons. The van der Waals surface area contributed by atoms with Crippen LogP contribution in [0, 0.1) is 0 Å². The van der Waals surface area contributed by atoms with E-state index in [1.807, 2.05) is 0 Å². The molecular formula is C11H24N2. The number of rotatable bonds is 4.